The van der Waals surface area contributed by atoms with Crippen LogP contribution in [0.5, 0.6) is 0 Å². The van der Waals surface area contributed by atoms with Crippen molar-refractivity contribution in [2.24, 2.45) is 0 Å². The van der Waals surface area contributed by atoms with E-state index in [-0.39, 0.29) is 17.9 Å². The van der Waals surface area contributed by atoms with Gasteiger partial charge in [-0.2, -0.15) is 5.26 Å². The van der Waals surface area contributed by atoms with Crippen LogP contribution in [0.25, 0.3) is 0 Å². The standard InChI is InChI=1S/C21H23N3O3S/c1-3-27-21(26)24-10-9-16-17(12-22)20(28-18(16)13-24)23-19(25)11-14(2)15-7-5-4-6-8-15/h4-8,14H,3,9-11,13H2,1-2H3,(H,23,25). The number of hydrogen-bond acceptors (Lipinski definition) is 5. The van der Waals surface area contributed by atoms with Gasteiger partial charge in [-0.25, -0.2) is 4.79 Å². The highest BCUT2D eigenvalue weighted by atomic mass is 32.1. The van der Waals surface area contributed by atoms with E-state index in [4.69, 9.17) is 4.74 Å². The minimum absolute atomic E-state index is 0.0839. The number of hydrogen-bond donors (Lipinski definition) is 1. The van der Waals surface area contributed by atoms with Gasteiger partial charge in [-0.1, -0.05) is 37.3 Å². The van der Waals surface area contributed by atoms with Gasteiger partial charge in [0.15, 0.2) is 0 Å². The molecule has 1 atom stereocenters. The van der Waals surface area contributed by atoms with Gasteiger partial charge in [0.25, 0.3) is 0 Å². The van der Waals surface area contributed by atoms with Crippen LogP contribution in [0.4, 0.5) is 9.80 Å². The molecule has 0 fully saturated rings. The van der Waals surface area contributed by atoms with E-state index < -0.39 is 0 Å². The van der Waals surface area contributed by atoms with Crippen molar-refractivity contribution < 1.29 is 14.3 Å². The Morgan fingerprint density at radius 1 is 1.36 bits per heavy atom. The Labute approximate surface area is 168 Å². The number of thiophene rings is 1. The fourth-order valence-electron chi connectivity index (χ4n) is 3.34. The van der Waals surface area contributed by atoms with Crippen molar-refractivity contribution in [3.63, 3.8) is 0 Å². The molecule has 0 saturated heterocycles. The lowest BCUT2D eigenvalue weighted by atomic mass is 9.97. The van der Waals surface area contributed by atoms with E-state index in [1.807, 2.05) is 37.3 Å². The van der Waals surface area contributed by atoms with E-state index >= 15 is 0 Å². The molecule has 0 bridgehead atoms. The monoisotopic (exact) mass is 397 g/mol. The maximum absolute atomic E-state index is 12.5. The zero-order chi connectivity index (χ0) is 20.1. The van der Waals surface area contributed by atoms with Crippen LogP contribution in [0.3, 0.4) is 0 Å². The van der Waals surface area contributed by atoms with Gasteiger partial charge < -0.3 is 15.0 Å². The van der Waals surface area contributed by atoms with Gasteiger partial charge in [-0.3, -0.25) is 4.79 Å². The topological polar surface area (TPSA) is 82.4 Å². The normalized spacial score (nSPS) is 14.0. The summed E-state index contributed by atoms with van der Waals surface area (Å²) in [6, 6.07) is 12.1. The predicted octanol–water partition coefficient (Wildman–Crippen LogP) is 4.27. The number of carbonyl (C=O) groups excluding carboxylic acids is 2. The summed E-state index contributed by atoms with van der Waals surface area (Å²) < 4.78 is 5.07. The molecule has 1 N–H and O–H groups in total. The van der Waals surface area contributed by atoms with Gasteiger partial charge in [-0.15, -0.1) is 11.3 Å². The number of anilines is 1. The van der Waals surface area contributed by atoms with Crippen molar-refractivity contribution in [2.75, 3.05) is 18.5 Å². The fraction of sp³-hybridized carbons (Fsp3) is 0.381. The number of benzene rings is 1. The summed E-state index contributed by atoms with van der Waals surface area (Å²) in [5.74, 6) is -0.0330. The number of nitrogens with zero attached hydrogens (tertiary/aromatic N) is 2. The van der Waals surface area contributed by atoms with Crippen molar-refractivity contribution in [1.29, 1.82) is 5.26 Å². The van der Waals surface area contributed by atoms with Crippen molar-refractivity contribution in [2.45, 2.75) is 39.2 Å². The Morgan fingerprint density at radius 3 is 2.79 bits per heavy atom. The summed E-state index contributed by atoms with van der Waals surface area (Å²) >= 11 is 1.37. The number of carbonyl (C=O) groups is 2. The molecule has 3 rings (SSSR count). The van der Waals surface area contributed by atoms with Gasteiger partial charge in [0.05, 0.1) is 18.7 Å². The highest BCUT2D eigenvalue weighted by Gasteiger charge is 2.28. The Hall–Kier alpha value is -2.85. The second kappa shape index (κ2) is 8.89. The minimum atomic E-state index is -0.345. The van der Waals surface area contributed by atoms with Crippen LogP contribution in [0, 0.1) is 11.3 Å². The SMILES string of the molecule is CCOC(=O)N1CCc2c(sc(NC(=O)CC(C)c3ccccc3)c2C#N)C1. The molecule has 1 aliphatic rings. The van der Waals surface area contributed by atoms with Crippen molar-refractivity contribution in [1.82, 2.24) is 4.90 Å². The summed E-state index contributed by atoms with van der Waals surface area (Å²) in [5, 5.41) is 13.1. The molecule has 0 aliphatic carbocycles. The zero-order valence-electron chi connectivity index (χ0n) is 16.0. The average molecular weight is 398 g/mol. The second-order valence-electron chi connectivity index (χ2n) is 6.75. The molecule has 146 valence electrons. The molecule has 0 spiro atoms. The van der Waals surface area contributed by atoms with Crippen LogP contribution in [0.2, 0.25) is 0 Å². The Balaban J connectivity index is 1.71. The van der Waals surface area contributed by atoms with Crippen LogP contribution in [0.15, 0.2) is 30.3 Å². The molecule has 7 heteroatoms. The van der Waals surface area contributed by atoms with Crippen LogP contribution in [-0.2, 0) is 22.5 Å². The highest BCUT2D eigenvalue weighted by Crippen LogP contribution is 2.37. The Morgan fingerprint density at radius 2 is 2.11 bits per heavy atom. The molecule has 1 unspecified atom stereocenters. The van der Waals surface area contributed by atoms with Crippen molar-refractivity contribution in [3.8, 4) is 6.07 Å². The smallest absolute Gasteiger partial charge is 0.410 e. The van der Waals surface area contributed by atoms with E-state index in [1.165, 1.54) is 11.3 Å². The Bertz CT molecular complexity index is 902. The van der Waals surface area contributed by atoms with Gasteiger partial charge >= 0.3 is 6.09 Å². The molecule has 28 heavy (non-hydrogen) atoms. The quantitative estimate of drug-likeness (QED) is 0.817. The van der Waals surface area contributed by atoms with Crippen LogP contribution in [0.1, 0.15) is 47.8 Å². The van der Waals surface area contributed by atoms with Gasteiger partial charge in [0.1, 0.15) is 11.1 Å². The maximum Gasteiger partial charge on any atom is 0.410 e. The molecule has 2 aromatic rings. The summed E-state index contributed by atoms with van der Waals surface area (Å²) in [5.41, 5.74) is 2.55. The third-order valence-corrected chi connectivity index (χ3v) is 5.94. The largest absolute Gasteiger partial charge is 0.450 e. The fourth-order valence-corrected chi connectivity index (χ4v) is 4.57. The van der Waals surface area contributed by atoms with Crippen LogP contribution >= 0.6 is 11.3 Å². The molecule has 6 nitrogen and oxygen atoms in total. The number of nitriles is 1. The molecule has 2 heterocycles. The van der Waals surface area contributed by atoms with Gasteiger partial charge in [0.2, 0.25) is 5.91 Å². The molecular formula is C21H23N3O3S. The lowest BCUT2D eigenvalue weighted by molar-refractivity contribution is -0.116. The number of fused-ring (bicyclic) bond motifs is 1. The summed E-state index contributed by atoms with van der Waals surface area (Å²) in [7, 11) is 0. The Kier molecular flexibility index (Phi) is 6.32. The van der Waals surface area contributed by atoms with E-state index in [1.54, 1.807) is 11.8 Å². The van der Waals surface area contributed by atoms with Gasteiger partial charge in [0, 0.05) is 17.8 Å². The first-order chi connectivity index (χ1) is 13.5. The number of nitrogens with one attached hydrogen (secondary N) is 1. The zero-order valence-corrected chi connectivity index (χ0v) is 16.8. The number of rotatable bonds is 5. The predicted molar refractivity (Wildman–Crippen MR) is 108 cm³/mol. The van der Waals surface area contributed by atoms with Gasteiger partial charge in [-0.05, 0) is 30.4 Å². The molecular weight excluding hydrogens is 374 g/mol. The molecule has 0 radical (unpaired) electrons. The summed E-state index contributed by atoms with van der Waals surface area (Å²) in [6.45, 7) is 5.03. The first-order valence-corrected chi connectivity index (χ1v) is 10.2. The summed E-state index contributed by atoms with van der Waals surface area (Å²) in [6.07, 6.45) is 0.582. The lowest BCUT2D eigenvalue weighted by Crippen LogP contribution is -2.35. The average Bonchev–Trinajstić information content (AvgIpc) is 3.04. The molecule has 1 aromatic heterocycles. The highest BCUT2D eigenvalue weighted by molar-refractivity contribution is 7.16. The number of amides is 2. The molecule has 1 aliphatic heterocycles. The summed E-state index contributed by atoms with van der Waals surface area (Å²) in [4.78, 5) is 27.1. The third kappa shape index (κ3) is 4.34. The molecule has 1 aromatic carbocycles. The number of ether oxygens (including phenoxy) is 1. The first-order valence-electron chi connectivity index (χ1n) is 9.34. The van der Waals surface area contributed by atoms with E-state index in [0.29, 0.717) is 43.1 Å². The van der Waals surface area contributed by atoms with Crippen molar-refractivity contribution >= 4 is 28.3 Å². The second-order valence-corrected chi connectivity index (χ2v) is 7.86. The molecule has 2 amide bonds. The van der Waals surface area contributed by atoms with Crippen molar-refractivity contribution in [3.05, 3.63) is 51.9 Å². The third-order valence-electron chi connectivity index (χ3n) is 4.81. The van der Waals surface area contributed by atoms with Crippen LogP contribution in [-0.4, -0.2) is 30.1 Å². The van der Waals surface area contributed by atoms with Crippen LogP contribution < -0.4 is 5.32 Å². The first kappa shape index (κ1) is 19.9. The molecule has 0 saturated carbocycles. The maximum atomic E-state index is 12.5. The minimum Gasteiger partial charge on any atom is -0.450 e. The van der Waals surface area contributed by atoms with E-state index in [2.05, 4.69) is 11.4 Å². The lowest BCUT2D eigenvalue weighted by Gasteiger charge is -2.25. The van der Waals surface area contributed by atoms with E-state index in [0.717, 1.165) is 16.0 Å². The van der Waals surface area contributed by atoms with E-state index in [9.17, 15) is 14.9 Å².